The van der Waals surface area contributed by atoms with Crippen LogP contribution in [0.3, 0.4) is 0 Å². The lowest BCUT2D eigenvalue weighted by atomic mass is 10.1. The number of carbonyl (C=O) groups excluding carboxylic acids is 1. The van der Waals surface area contributed by atoms with Crippen molar-refractivity contribution in [1.29, 1.82) is 0 Å². The van der Waals surface area contributed by atoms with E-state index >= 15 is 0 Å². The summed E-state index contributed by atoms with van der Waals surface area (Å²) in [5.41, 5.74) is 4.36. The number of hydrogen-bond donors (Lipinski definition) is 1. The molecule has 1 heterocycles. The van der Waals surface area contributed by atoms with E-state index in [1.54, 1.807) is 6.07 Å². The molecule has 0 fully saturated rings. The molecule has 0 saturated carbocycles. The lowest BCUT2D eigenvalue weighted by Crippen LogP contribution is -2.24. The Balaban J connectivity index is 1.86. The van der Waals surface area contributed by atoms with Crippen molar-refractivity contribution in [2.24, 2.45) is 5.10 Å². The molecule has 1 N–H and O–H groups in total. The minimum atomic E-state index is -0.344. The van der Waals surface area contributed by atoms with Gasteiger partial charge < -0.3 is 9.15 Å². The van der Waals surface area contributed by atoms with Crippen LogP contribution in [0, 0.1) is 13.8 Å². The molecule has 7 heteroatoms. The van der Waals surface area contributed by atoms with E-state index in [1.807, 2.05) is 32.0 Å². The Kier molecular flexibility index (Phi) is 5.79. The molecule has 116 valence electrons. The molecular weight excluding hydrogens is 416 g/mol. The van der Waals surface area contributed by atoms with Crippen molar-refractivity contribution < 1.29 is 13.9 Å². The second-order valence-electron chi connectivity index (χ2n) is 4.57. The third-order valence-electron chi connectivity index (χ3n) is 2.80. The van der Waals surface area contributed by atoms with Crippen molar-refractivity contribution in [3.63, 3.8) is 0 Å². The Morgan fingerprint density at radius 1 is 1.36 bits per heavy atom. The molecule has 0 spiro atoms. The summed E-state index contributed by atoms with van der Waals surface area (Å²) in [6, 6.07) is 7.55. The highest BCUT2D eigenvalue weighted by Gasteiger charge is 2.07. The van der Waals surface area contributed by atoms with Gasteiger partial charge in [-0.3, -0.25) is 4.79 Å². The molecule has 2 aromatic rings. The number of benzene rings is 1. The molecular formula is C15H14Br2N2O3. The van der Waals surface area contributed by atoms with E-state index in [-0.39, 0.29) is 12.5 Å². The van der Waals surface area contributed by atoms with Crippen molar-refractivity contribution in [1.82, 2.24) is 5.43 Å². The average Bonchev–Trinajstić information content (AvgIpc) is 2.77. The van der Waals surface area contributed by atoms with E-state index in [0.29, 0.717) is 10.4 Å². The van der Waals surface area contributed by atoms with Gasteiger partial charge in [-0.1, -0.05) is 18.2 Å². The van der Waals surface area contributed by atoms with Gasteiger partial charge in [-0.2, -0.15) is 5.10 Å². The highest BCUT2D eigenvalue weighted by Crippen LogP contribution is 2.25. The van der Waals surface area contributed by atoms with Gasteiger partial charge >= 0.3 is 0 Å². The summed E-state index contributed by atoms with van der Waals surface area (Å²) in [7, 11) is 0. The van der Waals surface area contributed by atoms with Crippen molar-refractivity contribution in [3.8, 4) is 5.75 Å². The van der Waals surface area contributed by atoms with Gasteiger partial charge in [-0.05, 0) is 56.8 Å². The van der Waals surface area contributed by atoms with Crippen LogP contribution in [0.25, 0.3) is 0 Å². The normalized spacial score (nSPS) is 10.9. The van der Waals surface area contributed by atoms with Crippen LogP contribution >= 0.6 is 31.9 Å². The smallest absolute Gasteiger partial charge is 0.277 e. The lowest BCUT2D eigenvalue weighted by Gasteiger charge is -2.10. The van der Waals surface area contributed by atoms with Gasteiger partial charge in [0.2, 0.25) is 0 Å². The molecule has 5 nitrogen and oxygen atoms in total. The molecule has 2 rings (SSSR count). The van der Waals surface area contributed by atoms with Crippen LogP contribution in [0.15, 0.2) is 42.9 Å². The number of furan rings is 1. The lowest BCUT2D eigenvalue weighted by molar-refractivity contribution is -0.123. The SMILES string of the molecule is Cc1cccc(C)c1OCC(=O)NN=Cc1cc(Br)c(Br)o1. The number of amides is 1. The van der Waals surface area contributed by atoms with Crippen LogP contribution in [-0.4, -0.2) is 18.7 Å². The maximum atomic E-state index is 11.7. The van der Waals surface area contributed by atoms with E-state index in [4.69, 9.17) is 9.15 Å². The number of nitrogens with zero attached hydrogens (tertiary/aromatic N) is 1. The summed E-state index contributed by atoms with van der Waals surface area (Å²) < 4.78 is 12.2. The van der Waals surface area contributed by atoms with Crippen LogP contribution in [-0.2, 0) is 4.79 Å². The Morgan fingerprint density at radius 2 is 2.05 bits per heavy atom. The van der Waals surface area contributed by atoms with Crippen LogP contribution in [0.4, 0.5) is 0 Å². The molecule has 1 aromatic heterocycles. The summed E-state index contributed by atoms with van der Waals surface area (Å²) >= 11 is 6.51. The molecule has 1 aromatic carbocycles. The summed E-state index contributed by atoms with van der Waals surface area (Å²) in [6.45, 7) is 3.77. The van der Waals surface area contributed by atoms with Gasteiger partial charge in [-0.15, -0.1) is 0 Å². The number of para-hydroxylation sites is 1. The van der Waals surface area contributed by atoms with Gasteiger partial charge in [0.05, 0.1) is 10.7 Å². The van der Waals surface area contributed by atoms with E-state index in [2.05, 4.69) is 42.4 Å². The van der Waals surface area contributed by atoms with E-state index in [1.165, 1.54) is 6.21 Å². The first-order valence-electron chi connectivity index (χ1n) is 6.43. The van der Waals surface area contributed by atoms with Gasteiger partial charge in [0, 0.05) is 6.07 Å². The molecule has 0 unspecified atom stereocenters. The first-order valence-corrected chi connectivity index (χ1v) is 8.01. The van der Waals surface area contributed by atoms with Gasteiger partial charge in [-0.25, -0.2) is 5.43 Å². The van der Waals surface area contributed by atoms with E-state index in [0.717, 1.165) is 21.3 Å². The first kappa shape index (κ1) is 16.8. The van der Waals surface area contributed by atoms with E-state index < -0.39 is 0 Å². The third kappa shape index (κ3) is 4.45. The molecule has 0 aliphatic heterocycles. The highest BCUT2D eigenvalue weighted by atomic mass is 79.9. The number of nitrogens with one attached hydrogen (secondary N) is 1. The third-order valence-corrected chi connectivity index (χ3v) is 4.51. The Morgan fingerprint density at radius 3 is 2.64 bits per heavy atom. The molecule has 0 atom stereocenters. The topological polar surface area (TPSA) is 63.8 Å². The maximum absolute atomic E-state index is 11.7. The van der Waals surface area contributed by atoms with Crippen molar-refractivity contribution in [2.75, 3.05) is 6.61 Å². The number of halogens is 2. The first-order chi connectivity index (χ1) is 10.5. The highest BCUT2D eigenvalue weighted by molar-refractivity contribution is 9.13. The number of carbonyl (C=O) groups is 1. The zero-order chi connectivity index (χ0) is 16.1. The summed E-state index contributed by atoms with van der Waals surface area (Å²) in [6.07, 6.45) is 1.41. The Bertz CT molecular complexity index is 671. The van der Waals surface area contributed by atoms with Crippen LogP contribution in [0.2, 0.25) is 0 Å². The molecule has 1 amide bonds. The zero-order valence-corrected chi connectivity index (χ0v) is 15.2. The summed E-state index contributed by atoms with van der Waals surface area (Å²) in [4.78, 5) is 11.7. The van der Waals surface area contributed by atoms with Gasteiger partial charge in [0.25, 0.3) is 5.91 Å². The number of ether oxygens (including phenoxy) is 1. The summed E-state index contributed by atoms with van der Waals surface area (Å²) in [5, 5.41) is 3.81. The Labute approximate surface area is 145 Å². The average molecular weight is 430 g/mol. The standard InChI is InChI=1S/C15H14Br2N2O3/c1-9-4-3-5-10(2)14(9)21-8-13(20)19-18-7-11-6-12(16)15(17)22-11/h3-7H,8H2,1-2H3,(H,19,20). The maximum Gasteiger partial charge on any atom is 0.277 e. The fourth-order valence-electron chi connectivity index (χ4n) is 1.79. The molecule has 0 radical (unpaired) electrons. The Hall–Kier alpha value is -1.60. The molecule has 22 heavy (non-hydrogen) atoms. The molecule has 0 aliphatic carbocycles. The minimum Gasteiger partial charge on any atom is -0.483 e. The number of rotatable bonds is 5. The van der Waals surface area contributed by atoms with Crippen molar-refractivity contribution in [2.45, 2.75) is 13.8 Å². The minimum absolute atomic E-state index is 0.103. The second kappa shape index (κ2) is 7.60. The quantitative estimate of drug-likeness (QED) is 0.578. The molecule has 0 bridgehead atoms. The predicted molar refractivity (Wildman–Crippen MR) is 91.3 cm³/mol. The van der Waals surface area contributed by atoms with E-state index in [9.17, 15) is 4.79 Å². The van der Waals surface area contributed by atoms with Crippen LogP contribution < -0.4 is 10.2 Å². The van der Waals surface area contributed by atoms with Crippen molar-refractivity contribution >= 4 is 44.0 Å². The largest absolute Gasteiger partial charge is 0.483 e. The number of aryl methyl sites for hydroxylation is 2. The number of hydrazone groups is 1. The second-order valence-corrected chi connectivity index (χ2v) is 6.15. The van der Waals surface area contributed by atoms with Gasteiger partial charge in [0.15, 0.2) is 11.3 Å². The van der Waals surface area contributed by atoms with Crippen LogP contribution in [0.1, 0.15) is 16.9 Å². The van der Waals surface area contributed by atoms with Crippen molar-refractivity contribution in [3.05, 3.63) is 50.3 Å². The fourth-order valence-corrected chi connectivity index (χ4v) is 2.40. The molecule has 0 saturated heterocycles. The number of hydrogen-bond acceptors (Lipinski definition) is 4. The molecule has 0 aliphatic rings. The predicted octanol–water partition coefficient (Wildman–Crippen LogP) is 3.95. The monoisotopic (exact) mass is 428 g/mol. The fraction of sp³-hybridized carbons (Fsp3) is 0.200. The van der Waals surface area contributed by atoms with Crippen LogP contribution in [0.5, 0.6) is 5.75 Å². The summed E-state index contributed by atoms with van der Waals surface area (Å²) in [5.74, 6) is 0.888. The van der Waals surface area contributed by atoms with Gasteiger partial charge in [0.1, 0.15) is 11.5 Å². The zero-order valence-electron chi connectivity index (χ0n) is 12.0.